The number of anilines is 1. The summed E-state index contributed by atoms with van der Waals surface area (Å²) in [6, 6.07) is 8.58. The highest BCUT2D eigenvalue weighted by Crippen LogP contribution is 2.22. The normalized spacial score (nSPS) is 18.8. The molecule has 1 amide bonds. The van der Waals surface area contributed by atoms with Gasteiger partial charge in [-0.25, -0.2) is 4.39 Å². The van der Waals surface area contributed by atoms with Crippen LogP contribution in [0.15, 0.2) is 41.7 Å². The van der Waals surface area contributed by atoms with Crippen LogP contribution in [-0.2, 0) is 6.54 Å². The average molecular weight is 442 g/mol. The molecule has 0 spiro atoms. The highest BCUT2D eigenvalue weighted by Gasteiger charge is 2.29. The summed E-state index contributed by atoms with van der Waals surface area (Å²) < 4.78 is 15.1. The van der Waals surface area contributed by atoms with Crippen LogP contribution in [0.25, 0.3) is 0 Å². The van der Waals surface area contributed by atoms with Gasteiger partial charge >= 0.3 is 0 Å². The van der Waals surface area contributed by atoms with Crippen LogP contribution in [-0.4, -0.2) is 77.0 Å². The second kappa shape index (κ2) is 10.2. The third kappa shape index (κ3) is 4.80. The van der Waals surface area contributed by atoms with Crippen LogP contribution in [0.1, 0.15) is 42.2 Å². The van der Waals surface area contributed by atoms with E-state index in [4.69, 9.17) is 0 Å². The highest BCUT2D eigenvalue weighted by molar-refractivity contribution is 6.11. The third-order valence-corrected chi connectivity index (χ3v) is 6.43. The minimum Gasteiger partial charge on any atom is -0.411 e. The topological polar surface area (TPSA) is 64.3 Å². The fraction of sp³-hybridized carbons (Fsp3) is 0.500. The van der Waals surface area contributed by atoms with Crippen molar-refractivity contribution in [1.82, 2.24) is 14.4 Å². The molecule has 0 bridgehead atoms. The Morgan fingerprint density at radius 1 is 1.00 bits per heavy atom. The lowest BCUT2D eigenvalue weighted by atomic mass is 10.1. The van der Waals surface area contributed by atoms with Gasteiger partial charge in [0.05, 0.1) is 5.71 Å². The fourth-order valence-electron chi connectivity index (χ4n) is 4.68. The Kier molecular flexibility index (Phi) is 7.09. The van der Waals surface area contributed by atoms with Gasteiger partial charge in [-0.2, -0.15) is 0 Å². The maximum absolute atomic E-state index is 13.3. The van der Waals surface area contributed by atoms with Crippen molar-refractivity contribution in [3.05, 3.63) is 53.6 Å². The lowest BCUT2D eigenvalue weighted by molar-refractivity contribution is 0.0744. The molecule has 0 saturated carbocycles. The highest BCUT2D eigenvalue weighted by atomic mass is 19.1. The number of aromatic nitrogens is 1. The molecule has 172 valence electrons. The van der Waals surface area contributed by atoms with E-state index < -0.39 is 0 Å². The van der Waals surface area contributed by atoms with E-state index in [-0.39, 0.29) is 11.7 Å². The number of halogens is 1. The molecule has 1 N–H and O–H groups in total. The van der Waals surface area contributed by atoms with Gasteiger partial charge in [-0.15, -0.1) is 0 Å². The van der Waals surface area contributed by atoms with Crippen molar-refractivity contribution in [3.8, 4) is 0 Å². The van der Waals surface area contributed by atoms with Crippen LogP contribution in [0, 0.1) is 5.82 Å². The molecule has 0 atom stereocenters. The molecule has 32 heavy (non-hydrogen) atoms. The Hall–Kier alpha value is -2.87. The van der Waals surface area contributed by atoms with Crippen LogP contribution in [0.3, 0.4) is 0 Å². The van der Waals surface area contributed by atoms with E-state index >= 15 is 0 Å². The van der Waals surface area contributed by atoms with Gasteiger partial charge in [0.25, 0.3) is 5.91 Å². The van der Waals surface area contributed by atoms with Crippen molar-refractivity contribution in [1.29, 1.82) is 0 Å². The number of fused-ring (bicyclic) bond motifs is 1. The van der Waals surface area contributed by atoms with Crippen molar-refractivity contribution >= 4 is 17.3 Å². The standard InChI is InChI=1S/C24H32FN5O2/c1-2-10-29-13-8-21-22(26-32)9-14-30(24(31)23(21)29)12-3-11-27-15-17-28(18-16-27)20-6-4-19(25)5-7-20/h4-8,13,32H,2-3,9-12,14-18H2,1H3/b26-22+. The van der Waals surface area contributed by atoms with E-state index in [1.807, 2.05) is 33.9 Å². The molecule has 1 saturated heterocycles. The van der Waals surface area contributed by atoms with Crippen LogP contribution < -0.4 is 4.90 Å². The van der Waals surface area contributed by atoms with Gasteiger partial charge in [0.1, 0.15) is 11.5 Å². The number of aryl methyl sites for hydroxylation is 1. The van der Waals surface area contributed by atoms with E-state index in [2.05, 4.69) is 21.9 Å². The SMILES string of the molecule is CCCn1ccc2c1C(=O)N(CCCN1CCN(c3ccc(F)cc3)CC1)CC/C2=N\O. The van der Waals surface area contributed by atoms with Crippen molar-refractivity contribution < 1.29 is 14.4 Å². The first kappa shape index (κ1) is 22.3. The number of amides is 1. The molecule has 3 heterocycles. The zero-order valence-corrected chi connectivity index (χ0v) is 18.7. The molecular weight excluding hydrogens is 409 g/mol. The molecule has 0 aliphatic carbocycles. The third-order valence-electron chi connectivity index (χ3n) is 6.43. The average Bonchev–Trinajstić information content (AvgIpc) is 3.17. The number of hydrogen-bond acceptors (Lipinski definition) is 5. The minimum absolute atomic E-state index is 0.0261. The van der Waals surface area contributed by atoms with Crippen LogP contribution in [0.2, 0.25) is 0 Å². The maximum atomic E-state index is 13.3. The van der Waals surface area contributed by atoms with E-state index in [1.54, 1.807) is 0 Å². The largest absolute Gasteiger partial charge is 0.411 e. The second-order valence-electron chi connectivity index (χ2n) is 8.52. The Morgan fingerprint density at radius 2 is 1.75 bits per heavy atom. The summed E-state index contributed by atoms with van der Waals surface area (Å²) in [5.74, 6) is -0.180. The summed E-state index contributed by atoms with van der Waals surface area (Å²) in [6.07, 6.45) is 4.31. The van der Waals surface area contributed by atoms with Crippen molar-refractivity contribution in [2.24, 2.45) is 5.16 Å². The monoisotopic (exact) mass is 441 g/mol. The van der Waals surface area contributed by atoms with E-state index in [0.717, 1.165) is 63.4 Å². The molecule has 8 heteroatoms. The second-order valence-corrected chi connectivity index (χ2v) is 8.52. The van der Waals surface area contributed by atoms with Crippen molar-refractivity contribution in [2.45, 2.75) is 32.7 Å². The van der Waals surface area contributed by atoms with E-state index in [9.17, 15) is 14.4 Å². The van der Waals surface area contributed by atoms with Crippen molar-refractivity contribution in [3.63, 3.8) is 0 Å². The molecule has 0 radical (unpaired) electrons. The Morgan fingerprint density at radius 3 is 2.44 bits per heavy atom. The number of hydrogen-bond donors (Lipinski definition) is 1. The number of nitrogens with zero attached hydrogens (tertiary/aromatic N) is 5. The lowest BCUT2D eigenvalue weighted by Crippen LogP contribution is -2.47. The Labute approximate surface area is 188 Å². The predicted molar refractivity (Wildman–Crippen MR) is 123 cm³/mol. The summed E-state index contributed by atoms with van der Waals surface area (Å²) in [6.45, 7) is 8.78. The summed E-state index contributed by atoms with van der Waals surface area (Å²) in [5.41, 5.74) is 3.05. The van der Waals surface area contributed by atoms with E-state index in [1.165, 1.54) is 12.1 Å². The lowest BCUT2D eigenvalue weighted by Gasteiger charge is -2.36. The first-order valence-corrected chi connectivity index (χ1v) is 11.5. The molecule has 7 nitrogen and oxygen atoms in total. The summed E-state index contributed by atoms with van der Waals surface area (Å²) in [5, 5.41) is 12.9. The van der Waals surface area contributed by atoms with Gasteiger partial charge in [-0.1, -0.05) is 12.1 Å². The Balaban J connectivity index is 1.31. The molecule has 2 aliphatic heterocycles. The number of rotatable bonds is 7. The molecule has 1 aromatic carbocycles. The molecule has 2 aromatic rings. The number of carbonyl (C=O) groups is 1. The first-order chi connectivity index (χ1) is 15.6. The van der Waals surface area contributed by atoms with Gasteiger partial charge < -0.3 is 19.6 Å². The van der Waals surface area contributed by atoms with Gasteiger partial charge in [0.2, 0.25) is 0 Å². The van der Waals surface area contributed by atoms with Gasteiger partial charge in [-0.3, -0.25) is 9.69 Å². The molecule has 4 rings (SSSR count). The minimum atomic E-state index is -0.207. The zero-order chi connectivity index (χ0) is 22.5. The van der Waals surface area contributed by atoms with Crippen LogP contribution >= 0.6 is 0 Å². The summed E-state index contributed by atoms with van der Waals surface area (Å²) in [4.78, 5) is 19.9. The molecule has 2 aliphatic rings. The number of benzene rings is 1. The van der Waals surface area contributed by atoms with Crippen LogP contribution in [0.5, 0.6) is 0 Å². The van der Waals surface area contributed by atoms with Gasteiger partial charge in [-0.05, 0) is 49.7 Å². The molecular formula is C24H32FN5O2. The van der Waals surface area contributed by atoms with Gasteiger partial charge in [0.15, 0.2) is 0 Å². The van der Waals surface area contributed by atoms with Crippen LogP contribution in [0.4, 0.5) is 10.1 Å². The van der Waals surface area contributed by atoms with Gasteiger partial charge in [0, 0.05) is 69.7 Å². The summed E-state index contributed by atoms with van der Waals surface area (Å²) in [7, 11) is 0. The maximum Gasteiger partial charge on any atom is 0.271 e. The zero-order valence-electron chi connectivity index (χ0n) is 18.7. The summed E-state index contributed by atoms with van der Waals surface area (Å²) >= 11 is 0. The first-order valence-electron chi connectivity index (χ1n) is 11.5. The predicted octanol–water partition coefficient (Wildman–Crippen LogP) is 3.27. The fourth-order valence-corrected chi connectivity index (χ4v) is 4.68. The molecule has 1 aromatic heterocycles. The van der Waals surface area contributed by atoms with E-state index in [0.29, 0.717) is 30.9 Å². The Bertz CT molecular complexity index is 948. The number of carbonyl (C=O) groups excluding carboxylic acids is 1. The number of oxime groups is 1. The quantitative estimate of drug-likeness (QED) is 0.529. The molecule has 1 fully saturated rings. The number of piperazine rings is 1. The smallest absolute Gasteiger partial charge is 0.271 e. The molecule has 0 unspecified atom stereocenters. The van der Waals surface area contributed by atoms with Crippen molar-refractivity contribution in [2.75, 3.05) is 50.7 Å².